The number of hydrogen-bond acceptors (Lipinski definition) is 5. The zero-order valence-corrected chi connectivity index (χ0v) is 21.7. The van der Waals surface area contributed by atoms with E-state index in [4.69, 9.17) is 16.3 Å². The Morgan fingerprint density at radius 1 is 0.974 bits per heavy atom. The van der Waals surface area contributed by atoms with E-state index in [1.807, 2.05) is 9.80 Å². The second kappa shape index (κ2) is 12.0. The number of anilines is 2. The molecule has 0 atom stereocenters. The summed E-state index contributed by atoms with van der Waals surface area (Å²) in [6.45, 7) is 0.713. The van der Waals surface area contributed by atoms with Crippen LogP contribution in [0.1, 0.15) is 23.2 Å². The van der Waals surface area contributed by atoms with Crippen LogP contribution in [0, 0.1) is 0 Å². The molecule has 2 fully saturated rings. The van der Waals surface area contributed by atoms with E-state index in [9.17, 15) is 31.5 Å². The zero-order chi connectivity index (χ0) is 28.2. The van der Waals surface area contributed by atoms with Crippen molar-refractivity contribution >= 4 is 34.8 Å². The average Bonchev–Trinajstić information content (AvgIpc) is 2.88. The lowest BCUT2D eigenvalue weighted by Crippen LogP contribution is -2.48. The van der Waals surface area contributed by atoms with E-state index in [1.165, 1.54) is 23.1 Å². The van der Waals surface area contributed by atoms with E-state index >= 15 is 0 Å². The van der Waals surface area contributed by atoms with E-state index in [1.54, 1.807) is 24.3 Å². The highest BCUT2D eigenvalue weighted by Gasteiger charge is 2.36. The van der Waals surface area contributed by atoms with Crippen molar-refractivity contribution in [3.05, 3.63) is 53.1 Å². The molecule has 4 rings (SSSR count). The molecule has 0 saturated carbocycles. The van der Waals surface area contributed by atoms with Crippen LogP contribution in [-0.4, -0.2) is 86.1 Å². The van der Waals surface area contributed by atoms with Crippen LogP contribution in [0.25, 0.3) is 0 Å². The van der Waals surface area contributed by atoms with Crippen molar-refractivity contribution in [2.75, 3.05) is 62.6 Å². The highest BCUT2D eigenvalue weighted by molar-refractivity contribution is 6.33. The summed E-state index contributed by atoms with van der Waals surface area (Å²) in [7, 11) is 0. The van der Waals surface area contributed by atoms with Crippen LogP contribution in [0.5, 0.6) is 5.75 Å². The Labute approximate surface area is 227 Å². The van der Waals surface area contributed by atoms with E-state index in [0.29, 0.717) is 36.8 Å². The lowest BCUT2D eigenvalue weighted by molar-refractivity contribution is -0.153. The highest BCUT2D eigenvalue weighted by atomic mass is 35.5. The van der Waals surface area contributed by atoms with Crippen molar-refractivity contribution in [1.82, 2.24) is 9.80 Å². The third-order valence-corrected chi connectivity index (χ3v) is 6.91. The van der Waals surface area contributed by atoms with Crippen LogP contribution >= 0.6 is 11.6 Å². The number of hydrogen-bond donors (Lipinski definition) is 1. The number of halogens is 6. The molecule has 0 radical (unpaired) electrons. The smallest absolute Gasteiger partial charge is 0.422 e. The summed E-state index contributed by atoms with van der Waals surface area (Å²) in [6, 6.07) is 10.8. The minimum absolute atomic E-state index is 0.00704. The van der Waals surface area contributed by atoms with E-state index in [-0.39, 0.29) is 55.7 Å². The molecule has 2 aromatic carbocycles. The molecule has 0 aliphatic carbocycles. The topological polar surface area (TPSA) is 65.1 Å². The molecule has 2 aromatic rings. The van der Waals surface area contributed by atoms with Crippen molar-refractivity contribution in [3.8, 4) is 5.75 Å². The molecule has 0 bridgehead atoms. The third-order valence-electron chi connectivity index (χ3n) is 6.61. The Morgan fingerprint density at radius 3 is 2.28 bits per heavy atom. The Bertz CT molecular complexity index is 1180. The molecule has 2 amide bonds. The first kappa shape index (κ1) is 28.9. The highest BCUT2D eigenvalue weighted by Crippen LogP contribution is 2.31. The number of ether oxygens (including phenoxy) is 1. The number of nitrogens with one attached hydrogen (secondary N) is 1. The third kappa shape index (κ3) is 7.95. The number of amides is 2. The molecule has 2 aliphatic rings. The van der Waals surface area contributed by atoms with Gasteiger partial charge < -0.3 is 19.9 Å². The fourth-order valence-corrected chi connectivity index (χ4v) is 4.81. The molecule has 0 spiro atoms. The molecule has 0 aromatic heterocycles. The van der Waals surface area contributed by atoms with Gasteiger partial charge in [0, 0.05) is 57.7 Å². The van der Waals surface area contributed by atoms with Gasteiger partial charge in [-0.3, -0.25) is 14.5 Å². The standard InChI is InChI=1S/C26H28ClF5N4O3/c27-19-15-18(24(38)36-9-7-25(28,29)8-10-36)5-6-21(19)35-13-11-34(12-14-35)16-23(37)33-20-3-1-2-4-22(20)39-17-26(30,31)32/h1-6,15H,7-14,16-17H2,(H,33,37). The maximum atomic E-state index is 13.4. The first-order chi connectivity index (χ1) is 18.4. The van der Waals surface area contributed by atoms with E-state index in [2.05, 4.69) is 5.32 Å². The van der Waals surface area contributed by atoms with Gasteiger partial charge in [-0.15, -0.1) is 0 Å². The monoisotopic (exact) mass is 574 g/mol. The molecule has 1 N–H and O–H groups in total. The summed E-state index contributed by atoms with van der Waals surface area (Å²) in [6.07, 6.45) is -5.21. The number of carbonyl (C=O) groups is 2. The Kier molecular flexibility index (Phi) is 8.85. The molecule has 2 heterocycles. The lowest BCUT2D eigenvalue weighted by atomic mass is 10.1. The largest absolute Gasteiger partial charge is 0.482 e. The minimum atomic E-state index is -4.50. The van der Waals surface area contributed by atoms with Gasteiger partial charge in [-0.05, 0) is 30.3 Å². The van der Waals surface area contributed by atoms with E-state index < -0.39 is 18.7 Å². The molecule has 2 aliphatic heterocycles. The van der Waals surface area contributed by atoms with Crippen molar-refractivity contribution in [3.63, 3.8) is 0 Å². The second-order valence-electron chi connectivity index (χ2n) is 9.53. The van der Waals surface area contributed by atoms with Crippen LogP contribution in [0.2, 0.25) is 5.02 Å². The van der Waals surface area contributed by atoms with Crippen molar-refractivity contribution in [1.29, 1.82) is 0 Å². The van der Waals surface area contributed by atoms with Gasteiger partial charge >= 0.3 is 6.18 Å². The summed E-state index contributed by atoms with van der Waals surface area (Å²) >= 11 is 6.48. The Hall–Kier alpha value is -3.12. The van der Waals surface area contributed by atoms with Crippen molar-refractivity contribution in [2.24, 2.45) is 0 Å². The summed E-state index contributed by atoms with van der Waals surface area (Å²) < 4.78 is 69.2. The molecule has 39 heavy (non-hydrogen) atoms. The second-order valence-corrected chi connectivity index (χ2v) is 9.93. The molecular formula is C26H28ClF5N4O3. The number of alkyl halides is 5. The number of rotatable bonds is 7. The zero-order valence-electron chi connectivity index (χ0n) is 20.9. The normalized spacial score (nSPS) is 18.1. The van der Waals surface area contributed by atoms with Gasteiger partial charge in [0.2, 0.25) is 5.91 Å². The van der Waals surface area contributed by atoms with Gasteiger partial charge in [0.05, 0.1) is 22.9 Å². The van der Waals surface area contributed by atoms with Crippen molar-refractivity contribution < 1.29 is 36.3 Å². The molecule has 13 heteroatoms. The first-order valence-electron chi connectivity index (χ1n) is 12.4. The summed E-state index contributed by atoms with van der Waals surface area (Å²) in [4.78, 5) is 30.6. The number of carbonyl (C=O) groups excluding carboxylic acids is 2. The Balaban J connectivity index is 1.28. The Morgan fingerprint density at radius 2 is 1.64 bits per heavy atom. The SMILES string of the molecule is O=C(CN1CCN(c2ccc(C(=O)N3CCC(F)(F)CC3)cc2Cl)CC1)Nc1ccccc1OCC(F)(F)F. The van der Waals surface area contributed by atoms with Crippen LogP contribution < -0.4 is 15.0 Å². The van der Waals surface area contributed by atoms with E-state index in [0.717, 1.165) is 5.69 Å². The van der Waals surface area contributed by atoms with Gasteiger partial charge in [-0.25, -0.2) is 8.78 Å². The van der Waals surface area contributed by atoms with Gasteiger partial charge in [0.1, 0.15) is 5.75 Å². The summed E-state index contributed by atoms with van der Waals surface area (Å²) in [5.74, 6) is -3.53. The molecule has 7 nitrogen and oxygen atoms in total. The van der Waals surface area contributed by atoms with Crippen LogP contribution in [0.3, 0.4) is 0 Å². The predicted octanol–water partition coefficient (Wildman–Crippen LogP) is 4.91. The fraction of sp³-hybridized carbons (Fsp3) is 0.462. The quantitative estimate of drug-likeness (QED) is 0.476. The molecule has 2 saturated heterocycles. The van der Waals surface area contributed by atoms with Gasteiger partial charge in [0.15, 0.2) is 6.61 Å². The lowest BCUT2D eigenvalue weighted by Gasteiger charge is -2.36. The van der Waals surface area contributed by atoms with Crippen LogP contribution in [0.4, 0.5) is 33.3 Å². The number of para-hydroxylation sites is 2. The number of likely N-dealkylation sites (tertiary alicyclic amines) is 1. The molecule has 212 valence electrons. The summed E-state index contributed by atoms with van der Waals surface area (Å²) in [5.41, 5.74) is 1.21. The van der Waals surface area contributed by atoms with Gasteiger partial charge in [0.25, 0.3) is 11.8 Å². The first-order valence-corrected chi connectivity index (χ1v) is 12.8. The molecular weight excluding hydrogens is 547 g/mol. The van der Waals surface area contributed by atoms with Crippen LogP contribution in [-0.2, 0) is 4.79 Å². The average molecular weight is 575 g/mol. The van der Waals surface area contributed by atoms with Crippen LogP contribution in [0.15, 0.2) is 42.5 Å². The maximum Gasteiger partial charge on any atom is 0.422 e. The number of piperidine rings is 1. The minimum Gasteiger partial charge on any atom is -0.482 e. The number of benzene rings is 2. The fourth-order valence-electron chi connectivity index (χ4n) is 4.51. The maximum absolute atomic E-state index is 13.4. The molecule has 0 unspecified atom stereocenters. The van der Waals surface area contributed by atoms with Gasteiger partial charge in [-0.1, -0.05) is 23.7 Å². The predicted molar refractivity (Wildman–Crippen MR) is 137 cm³/mol. The summed E-state index contributed by atoms with van der Waals surface area (Å²) in [5, 5.41) is 2.97. The number of nitrogens with zero attached hydrogens (tertiary/aromatic N) is 3. The number of piperazine rings is 1. The van der Waals surface area contributed by atoms with Gasteiger partial charge in [-0.2, -0.15) is 13.2 Å². The van der Waals surface area contributed by atoms with Crippen molar-refractivity contribution in [2.45, 2.75) is 24.9 Å².